The molecule has 176 valence electrons. The Balaban J connectivity index is 1.64. The highest BCUT2D eigenvalue weighted by Gasteiger charge is 2.63. The summed E-state index contributed by atoms with van der Waals surface area (Å²) in [5.41, 5.74) is 4.49. The van der Waals surface area contributed by atoms with Gasteiger partial charge in [0.05, 0.1) is 0 Å². The molecule has 0 saturated heterocycles. The maximum atomic E-state index is 12.8. The number of aldehydes is 1. The Hall–Kier alpha value is -1.44. The van der Waals surface area contributed by atoms with E-state index in [4.69, 9.17) is 0 Å². The molecule has 2 fully saturated rings. The molecular weight excluding hydrogens is 392 g/mol. The summed E-state index contributed by atoms with van der Waals surface area (Å²) in [5, 5.41) is 0. The number of hydrogen-bond donors (Lipinski definition) is 0. The summed E-state index contributed by atoms with van der Waals surface area (Å²) in [4.78, 5) is 23.7. The second kappa shape index (κ2) is 7.81. The molecule has 6 atom stereocenters. The van der Waals surface area contributed by atoms with Gasteiger partial charge in [-0.25, -0.2) is 0 Å². The average molecular weight is 437 g/mol. The summed E-state index contributed by atoms with van der Waals surface area (Å²) >= 11 is 0. The van der Waals surface area contributed by atoms with E-state index in [1.54, 1.807) is 11.1 Å². The maximum Gasteiger partial charge on any atom is 0.145 e. The van der Waals surface area contributed by atoms with Crippen LogP contribution in [-0.2, 0) is 9.59 Å². The average Bonchev–Trinajstić information content (AvgIpc) is 3.02. The summed E-state index contributed by atoms with van der Waals surface area (Å²) in [6, 6.07) is 0. The van der Waals surface area contributed by atoms with Crippen molar-refractivity contribution >= 4 is 12.1 Å². The minimum Gasteiger partial charge on any atom is -0.299 e. The molecule has 4 aliphatic rings. The zero-order valence-corrected chi connectivity index (χ0v) is 21.5. The first-order valence-electron chi connectivity index (χ1n) is 13.0. The number of rotatable bonds is 5. The number of Topliss-reactive ketones (excluding diaryl/α,β-unsaturated/α-hetero) is 1. The van der Waals surface area contributed by atoms with Gasteiger partial charge in [-0.05, 0) is 103 Å². The number of hydrogen-bond acceptors (Lipinski definition) is 2. The molecule has 0 aromatic heterocycles. The van der Waals surface area contributed by atoms with E-state index in [1.165, 1.54) is 12.8 Å². The molecule has 4 aliphatic carbocycles. The fourth-order valence-corrected chi connectivity index (χ4v) is 8.58. The Kier molecular flexibility index (Phi) is 5.79. The van der Waals surface area contributed by atoms with Gasteiger partial charge in [0.15, 0.2) is 0 Å². The molecule has 0 aromatic rings. The van der Waals surface area contributed by atoms with E-state index in [1.807, 2.05) is 6.92 Å². The van der Waals surface area contributed by atoms with Crippen molar-refractivity contribution in [3.8, 4) is 0 Å². The third-order valence-electron chi connectivity index (χ3n) is 11.0. The van der Waals surface area contributed by atoms with Gasteiger partial charge in [0, 0.05) is 11.8 Å². The Morgan fingerprint density at radius 3 is 2.53 bits per heavy atom. The van der Waals surface area contributed by atoms with Crippen molar-refractivity contribution in [2.45, 2.75) is 99.8 Å². The monoisotopic (exact) mass is 436 g/mol. The van der Waals surface area contributed by atoms with Crippen molar-refractivity contribution in [1.82, 2.24) is 0 Å². The molecule has 0 spiro atoms. The standard InChI is InChI=1S/C30H44O2/c1-20(19-31)9-8-10-21(2)22-13-17-30(7)24-11-12-25-27(3,4)26(32)15-16-28(25,5)23(24)14-18-29(22,30)6/h9,11,14,19,21-22,25H,8,10,12-13,15-18H2,1-7H3/t21-,22-,25+,28-,29-,30+/m1/s1. The number of carbonyl (C=O) groups excluding carboxylic acids is 2. The molecule has 0 heterocycles. The van der Waals surface area contributed by atoms with E-state index in [-0.39, 0.29) is 21.7 Å². The van der Waals surface area contributed by atoms with Gasteiger partial charge in [0.2, 0.25) is 0 Å². The lowest BCUT2D eigenvalue weighted by atomic mass is 9.44. The molecule has 0 aromatic carbocycles. The van der Waals surface area contributed by atoms with E-state index in [0.717, 1.165) is 50.4 Å². The number of ketones is 1. The van der Waals surface area contributed by atoms with Crippen molar-refractivity contribution < 1.29 is 9.59 Å². The van der Waals surface area contributed by atoms with Gasteiger partial charge < -0.3 is 0 Å². The smallest absolute Gasteiger partial charge is 0.145 e. The van der Waals surface area contributed by atoms with Gasteiger partial charge in [0.1, 0.15) is 12.1 Å². The molecule has 32 heavy (non-hydrogen) atoms. The third kappa shape index (κ3) is 3.18. The van der Waals surface area contributed by atoms with Gasteiger partial charge in [0.25, 0.3) is 0 Å². The van der Waals surface area contributed by atoms with Crippen LogP contribution in [-0.4, -0.2) is 12.1 Å². The van der Waals surface area contributed by atoms with E-state index in [0.29, 0.717) is 23.5 Å². The number of fused-ring (bicyclic) bond motifs is 5. The highest BCUT2D eigenvalue weighted by molar-refractivity contribution is 5.86. The minimum absolute atomic E-state index is 0.132. The van der Waals surface area contributed by atoms with E-state index in [9.17, 15) is 9.59 Å². The lowest BCUT2D eigenvalue weighted by Crippen LogP contribution is -2.53. The molecule has 0 amide bonds. The Labute approximate surface area is 196 Å². The largest absolute Gasteiger partial charge is 0.299 e. The topological polar surface area (TPSA) is 34.1 Å². The molecule has 2 heteroatoms. The van der Waals surface area contributed by atoms with Crippen LogP contribution < -0.4 is 0 Å². The summed E-state index contributed by atoms with van der Waals surface area (Å²) in [6.45, 7) is 16.3. The summed E-state index contributed by atoms with van der Waals surface area (Å²) in [6.07, 6.45) is 16.9. The lowest BCUT2D eigenvalue weighted by Gasteiger charge is -2.59. The van der Waals surface area contributed by atoms with Gasteiger partial charge in [-0.15, -0.1) is 0 Å². The number of allylic oxidation sites excluding steroid dienone is 6. The Morgan fingerprint density at radius 2 is 1.84 bits per heavy atom. The zero-order chi connectivity index (χ0) is 23.5. The van der Waals surface area contributed by atoms with Crippen molar-refractivity contribution in [1.29, 1.82) is 0 Å². The van der Waals surface area contributed by atoms with Crippen LogP contribution in [0.2, 0.25) is 0 Å². The number of carbonyl (C=O) groups is 2. The second-order valence-corrected chi connectivity index (χ2v) is 12.8. The SMILES string of the molecule is CC(C=O)=CCC[C@@H](C)[C@H]1CC[C@@]2(C)C3=CC[C@H]4C(C)(C)C(=O)CC[C@]4(C)C3=CC[C@]12C. The van der Waals surface area contributed by atoms with Crippen LogP contribution in [0.25, 0.3) is 0 Å². The van der Waals surface area contributed by atoms with Crippen LogP contribution in [0.5, 0.6) is 0 Å². The van der Waals surface area contributed by atoms with Crippen molar-refractivity contribution in [3.05, 3.63) is 34.9 Å². The van der Waals surface area contributed by atoms with E-state index in [2.05, 4.69) is 59.8 Å². The summed E-state index contributed by atoms with van der Waals surface area (Å²) in [7, 11) is 0. The quantitative estimate of drug-likeness (QED) is 0.328. The third-order valence-corrected chi connectivity index (χ3v) is 11.0. The van der Waals surface area contributed by atoms with Gasteiger partial charge in [-0.3, -0.25) is 9.59 Å². The van der Waals surface area contributed by atoms with Crippen LogP contribution in [0.3, 0.4) is 0 Å². The van der Waals surface area contributed by atoms with Gasteiger partial charge >= 0.3 is 0 Å². The highest BCUT2D eigenvalue weighted by atomic mass is 16.1. The molecule has 0 aliphatic heterocycles. The fraction of sp³-hybridized carbons (Fsp3) is 0.733. The van der Waals surface area contributed by atoms with Gasteiger partial charge in [-0.1, -0.05) is 59.8 Å². The van der Waals surface area contributed by atoms with Crippen LogP contribution in [0.1, 0.15) is 99.8 Å². The first kappa shape index (κ1) is 23.7. The van der Waals surface area contributed by atoms with Crippen LogP contribution in [0.4, 0.5) is 0 Å². The minimum atomic E-state index is -0.225. The zero-order valence-electron chi connectivity index (χ0n) is 21.5. The van der Waals surface area contributed by atoms with E-state index < -0.39 is 0 Å². The molecule has 0 radical (unpaired) electrons. The van der Waals surface area contributed by atoms with Crippen LogP contribution in [0.15, 0.2) is 34.9 Å². The Morgan fingerprint density at radius 1 is 1.12 bits per heavy atom. The normalized spacial score (nSPS) is 41.7. The van der Waals surface area contributed by atoms with Crippen LogP contribution >= 0.6 is 0 Å². The first-order valence-corrected chi connectivity index (χ1v) is 13.0. The maximum absolute atomic E-state index is 12.8. The van der Waals surface area contributed by atoms with Crippen molar-refractivity contribution in [2.75, 3.05) is 0 Å². The van der Waals surface area contributed by atoms with Crippen molar-refractivity contribution in [3.63, 3.8) is 0 Å². The summed E-state index contributed by atoms with van der Waals surface area (Å²) < 4.78 is 0. The molecule has 4 rings (SSSR count). The summed E-state index contributed by atoms with van der Waals surface area (Å²) in [5.74, 6) is 2.25. The Bertz CT molecular complexity index is 902. The molecule has 2 saturated carbocycles. The molecule has 0 bridgehead atoms. The first-order chi connectivity index (χ1) is 14.9. The molecule has 2 nitrogen and oxygen atoms in total. The molecular formula is C30H44O2. The molecule has 0 unspecified atom stereocenters. The van der Waals surface area contributed by atoms with Crippen LogP contribution in [0, 0.1) is 39.4 Å². The highest BCUT2D eigenvalue weighted by Crippen LogP contribution is 2.71. The molecule has 0 N–H and O–H groups in total. The lowest BCUT2D eigenvalue weighted by molar-refractivity contribution is -0.138. The van der Waals surface area contributed by atoms with Crippen molar-refractivity contribution in [2.24, 2.45) is 39.4 Å². The van der Waals surface area contributed by atoms with E-state index >= 15 is 0 Å². The predicted octanol–water partition coefficient (Wildman–Crippen LogP) is 7.64. The second-order valence-electron chi connectivity index (χ2n) is 12.8. The fourth-order valence-electron chi connectivity index (χ4n) is 8.58. The van der Waals surface area contributed by atoms with Gasteiger partial charge in [-0.2, -0.15) is 0 Å². The predicted molar refractivity (Wildman–Crippen MR) is 132 cm³/mol.